The maximum Gasteiger partial charge on any atom is 0.325 e. The highest BCUT2D eigenvalue weighted by Crippen LogP contribution is 2.29. The predicted octanol–water partition coefficient (Wildman–Crippen LogP) is 3.39. The van der Waals surface area contributed by atoms with Crippen molar-refractivity contribution in [2.24, 2.45) is 0 Å². The highest BCUT2D eigenvalue weighted by Gasteiger charge is 2.48. The zero-order chi connectivity index (χ0) is 17.2. The van der Waals surface area contributed by atoms with Crippen molar-refractivity contribution in [3.05, 3.63) is 71.3 Å². The van der Waals surface area contributed by atoms with Gasteiger partial charge in [-0.1, -0.05) is 60.2 Å². The van der Waals surface area contributed by atoms with E-state index in [-0.39, 0.29) is 11.9 Å². The first-order chi connectivity index (χ1) is 11.5. The number of benzene rings is 2. The second-order valence-electron chi connectivity index (χ2n) is 6.47. The first kappa shape index (κ1) is 16.2. The van der Waals surface area contributed by atoms with Gasteiger partial charge in [0.25, 0.3) is 5.91 Å². The maximum atomic E-state index is 12.8. The average Bonchev–Trinajstić information content (AvgIpc) is 2.80. The molecule has 1 aliphatic rings. The number of imide groups is 1. The highest BCUT2D eigenvalue weighted by atomic mass is 16.2. The van der Waals surface area contributed by atoms with E-state index in [1.54, 1.807) is 6.92 Å². The first-order valence-corrected chi connectivity index (χ1v) is 8.26. The van der Waals surface area contributed by atoms with E-state index >= 15 is 0 Å². The van der Waals surface area contributed by atoms with Gasteiger partial charge in [-0.15, -0.1) is 0 Å². The first-order valence-electron chi connectivity index (χ1n) is 8.26. The Morgan fingerprint density at radius 3 is 2.33 bits per heavy atom. The fourth-order valence-corrected chi connectivity index (χ4v) is 3.07. The topological polar surface area (TPSA) is 49.4 Å². The number of urea groups is 1. The minimum absolute atomic E-state index is 0.176. The minimum atomic E-state index is -0.975. The normalized spacial score (nSPS) is 20.3. The van der Waals surface area contributed by atoms with Crippen LogP contribution in [-0.4, -0.2) is 23.4 Å². The third kappa shape index (κ3) is 3.04. The molecule has 0 bridgehead atoms. The smallest absolute Gasteiger partial charge is 0.319 e. The average molecular weight is 322 g/mol. The molecule has 1 atom stereocenters. The second-order valence-corrected chi connectivity index (χ2v) is 6.47. The van der Waals surface area contributed by atoms with Crippen molar-refractivity contribution in [3.8, 4) is 0 Å². The highest BCUT2D eigenvalue weighted by molar-refractivity contribution is 6.07. The van der Waals surface area contributed by atoms with Crippen molar-refractivity contribution in [1.29, 1.82) is 0 Å². The molecule has 1 unspecified atom stereocenters. The molecule has 1 aliphatic heterocycles. The molecule has 24 heavy (non-hydrogen) atoms. The lowest BCUT2D eigenvalue weighted by molar-refractivity contribution is -0.131. The van der Waals surface area contributed by atoms with Crippen LogP contribution in [0.3, 0.4) is 0 Å². The summed E-state index contributed by atoms with van der Waals surface area (Å²) in [4.78, 5) is 26.4. The van der Waals surface area contributed by atoms with Crippen molar-refractivity contribution in [1.82, 2.24) is 10.2 Å². The fraction of sp³-hybridized carbons (Fsp3) is 0.300. The molecule has 1 heterocycles. The van der Waals surface area contributed by atoms with Gasteiger partial charge in [-0.3, -0.25) is 9.69 Å². The Morgan fingerprint density at radius 1 is 1.00 bits per heavy atom. The van der Waals surface area contributed by atoms with Crippen LogP contribution in [-0.2, 0) is 16.8 Å². The quantitative estimate of drug-likeness (QED) is 0.858. The number of nitrogens with zero attached hydrogens (tertiary/aromatic N) is 1. The zero-order valence-electron chi connectivity index (χ0n) is 14.1. The molecule has 3 amide bonds. The molecule has 0 spiro atoms. The Kier molecular flexibility index (Phi) is 4.38. The molecule has 3 rings (SSSR count). The largest absolute Gasteiger partial charge is 0.325 e. The number of hydrogen-bond donors (Lipinski definition) is 1. The van der Waals surface area contributed by atoms with Gasteiger partial charge in [-0.25, -0.2) is 4.79 Å². The summed E-state index contributed by atoms with van der Waals surface area (Å²) in [5.74, 6) is -0.176. The minimum Gasteiger partial charge on any atom is -0.319 e. The Hall–Kier alpha value is -2.62. The van der Waals surface area contributed by atoms with Gasteiger partial charge in [0.15, 0.2) is 0 Å². The SMILES string of the molecule is Cc1ccc(C2(C)NC(=O)N(CCCc3ccccc3)C2=O)cc1. The van der Waals surface area contributed by atoms with Crippen LogP contribution in [0, 0.1) is 6.92 Å². The molecule has 0 aromatic heterocycles. The number of hydrogen-bond acceptors (Lipinski definition) is 2. The van der Waals surface area contributed by atoms with E-state index in [1.165, 1.54) is 10.5 Å². The van der Waals surface area contributed by atoms with E-state index in [0.717, 1.165) is 24.0 Å². The van der Waals surface area contributed by atoms with E-state index in [1.807, 2.05) is 49.4 Å². The molecule has 2 aromatic carbocycles. The monoisotopic (exact) mass is 322 g/mol. The number of carbonyl (C=O) groups is 2. The standard InChI is InChI=1S/C20H22N2O2/c1-15-10-12-17(13-11-15)20(2)18(23)22(19(24)21-20)14-6-9-16-7-4-3-5-8-16/h3-5,7-8,10-13H,6,9,14H2,1-2H3,(H,21,24). The molecular weight excluding hydrogens is 300 g/mol. The van der Waals surface area contributed by atoms with Gasteiger partial charge in [-0.2, -0.15) is 0 Å². The third-order valence-electron chi connectivity index (χ3n) is 4.59. The van der Waals surface area contributed by atoms with Crippen LogP contribution >= 0.6 is 0 Å². The van der Waals surface area contributed by atoms with Crippen LogP contribution in [0.2, 0.25) is 0 Å². The second kappa shape index (κ2) is 6.48. The van der Waals surface area contributed by atoms with Crippen LogP contribution in [0.25, 0.3) is 0 Å². The van der Waals surface area contributed by atoms with Gasteiger partial charge in [0.2, 0.25) is 0 Å². The third-order valence-corrected chi connectivity index (χ3v) is 4.59. The Morgan fingerprint density at radius 2 is 1.67 bits per heavy atom. The molecule has 0 radical (unpaired) electrons. The number of nitrogens with one attached hydrogen (secondary N) is 1. The molecule has 4 heteroatoms. The predicted molar refractivity (Wildman–Crippen MR) is 93.5 cm³/mol. The van der Waals surface area contributed by atoms with Gasteiger partial charge in [-0.05, 0) is 37.8 Å². The Labute approximate surface area is 142 Å². The Bertz CT molecular complexity index is 740. The molecule has 124 valence electrons. The summed E-state index contributed by atoms with van der Waals surface area (Å²) in [7, 11) is 0. The van der Waals surface area contributed by atoms with Gasteiger partial charge in [0.05, 0.1) is 0 Å². The van der Waals surface area contributed by atoms with Crippen LogP contribution in [0.5, 0.6) is 0 Å². The summed E-state index contributed by atoms with van der Waals surface area (Å²) in [5.41, 5.74) is 2.18. The molecule has 1 saturated heterocycles. The van der Waals surface area contributed by atoms with Gasteiger partial charge < -0.3 is 5.32 Å². The summed E-state index contributed by atoms with van der Waals surface area (Å²) in [6, 6.07) is 17.5. The van der Waals surface area contributed by atoms with Gasteiger partial charge >= 0.3 is 6.03 Å². The molecule has 1 N–H and O–H groups in total. The number of aryl methyl sites for hydroxylation is 2. The lowest BCUT2D eigenvalue weighted by Crippen LogP contribution is -2.41. The van der Waals surface area contributed by atoms with E-state index in [9.17, 15) is 9.59 Å². The van der Waals surface area contributed by atoms with Crippen molar-refractivity contribution in [2.75, 3.05) is 6.54 Å². The van der Waals surface area contributed by atoms with E-state index in [0.29, 0.717) is 6.54 Å². The van der Waals surface area contributed by atoms with E-state index < -0.39 is 5.54 Å². The molecule has 2 aromatic rings. The number of rotatable bonds is 5. The Balaban J connectivity index is 1.68. The summed E-state index contributed by atoms with van der Waals surface area (Å²) in [5, 5.41) is 2.85. The van der Waals surface area contributed by atoms with Crippen LogP contribution in [0.1, 0.15) is 30.0 Å². The van der Waals surface area contributed by atoms with Crippen LogP contribution in [0.15, 0.2) is 54.6 Å². The van der Waals surface area contributed by atoms with Gasteiger partial charge in [0.1, 0.15) is 5.54 Å². The molecular formula is C20H22N2O2. The molecule has 0 aliphatic carbocycles. The van der Waals surface area contributed by atoms with Crippen molar-refractivity contribution in [3.63, 3.8) is 0 Å². The molecule has 1 fully saturated rings. The van der Waals surface area contributed by atoms with Gasteiger partial charge in [0, 0.05) is 6.54 Å². The maximum absolute atomic E-state index is 12.8. The number of amides is 3. The van der Waals surface area contributed by atoms with Crippen LogP contribution < -0.4 is 5.32 Å². The fourth-order valence-electron chi connectivity index (χ4n) is 3.07. The van der Waals surface area contributed by atoms with Crippen molar-refractivity contribution in [2.45, 2.75) is 32.2 Å². The van der Waals surface area contributed by atoms with Crippen molar-refractivity contribution >= 4 is 11.9 Å². The molecule has 0 saturated carbocycles. The molecule has 4 nitrogen and oxygen atoms in total. The van der Waals surface area contributed by atoms with E-state index in [4.69, 9.17) is 0 Å². The lowest BCUT2D eigenvalue weighted by Gasteiger charge is -2.22. The van der Waals surface area contributed by atoms with Crippen LogP contribution in [0.4, 0.5) is 4.79 Å². The van der Waals surface area contributed by atoms with E-state index in [2.05, 4.69) is 17.4 Å². The lowest BCUT2D eigenvalue weighted by atomic mass is 9.91. The summed E-state index contributed by atoms with van der Waals surface area (Å²) in [6.07, 6.45) is 1.60. The number of carbonyl (C=O) groups excluding carboxylic acids is 2. The summed E-state index contributed by atoms with van der Waals surface area (Å²) >= 11 is 0. The summed E-state index contributed by atoms with van der Waals surface area (Å²) in [6.45, 7) is 4.20. The zero-order valence-corrected chi connectivity index (χ0v) is 14.1. The van der Waals surface area contributed by atoms with Crippen molar-refractivity contribution < 1.29 is 9.59 Å². The summed E-state index contributed by atoms with van der Waals surface area (Å²) < 4.78 is 0.